The van der Waals surface area contributed by atoms with Gasteiger partial charge in [0.05, 0.1) is 0 Å². The Morgan fingerprint density at radius 3 is 2.61 bits per heavy atom. The topological polar surface area (TPSA) is 12.0 Å². The fourth-order valence-electron chi connectivity index (χ4n) is 2.45. The Hall–Kier alpha value is -1.19. The highest BCUT2D eigenvalue weighted by atomic mass is 32.1. The van der Waals surface area contributed by atoms with Gasteiger partial charge in [-0.05, 0) is 47.9 Å². The Balaban J connectivity index is 1.47. The zero-order valence-corrected chi connectivity index (χ0v) is 10.9. The summed E-state index contributed by atoms with van der Waals surface area (Å²) in [6.45, 7) is 0.971. The molecule has 0 unspecified atom stereocenters. The van der Waals surface area contributed by atoms with Gasteiger partial charge in [-0.15, -0.1) is 11.3 Å². The molecule has 0 bridgehead atoms. The third kappa shape index (κ3) is 2.62. The smallest absolute Gasteiger partial charge is 0.123 e. The molecule has 0 spiro atoms. The maximum Gasteiger partial charge on any atom is 0.123 e. The third-order valence-corrected chi connectivity index (χ3v) is 4.50. The van der Waals surface area contributed by atoms with Crippen molar-refractivity contribution in [1.82, 2.24) is 5.32 Å². The van der Waals surface area contributed by atoms with Crippen LogP contribution in [-0.4, -0.2) is 6.04 Å². The summed E-state index contributed by atoms with van der Waals surface area (Å²) in [5.74, 6) is 0.455. The minimum Gasteiger partial charge on any atom is -0.309 e. The summed E-state index contributed by atoms with van der Waals surface area (Å²) in [6.07, 6.45) is 2.33. The minimum atomic E-state index is -0.148. The highest BCUT2D eigenvalue weighted by Crippen LogP contribution is 2.37. The lowest BCUT2D eigenvalue weighted by atomic mass is 9.76. The van der Waals surface area contributed by atoms with E-state index in [1.54, 1.807) is 23.5 Å². The van der Waals surface area contributed by atoms with Gasteiger partial charge >= 0.3 is 0 Å². The number of hydrogen-bond acceptors (Lipinski definition) is 2. The Morgan fingerprint density at radius 2 is 1.94 bits per heavy atom. The molecule has 94 valence electrons. The highest BCUT2D eigenvalue weighted by molar-refractivity contribution is 7.09. The number of nitrogens with one attached hydrogen (secondary N) is 1. The highest BCUT2D eigenvalue weighted by Gasteiger charge is 2.29. The number of halogens is 1. The van der Waals surface area contributed by atoms with Crippen LogP contribution in [0.3, 0.4) is 0 Å². The minimum absolute atomic E-state index is 0.148. The van der Waals surface area contributed by atoms with Crippen molar-refractivity contribution in [3.8, 4) is 0 Å². The van der Waals surface area contributed by atoms with Crippen molar-refractivity contribution in [3.63, 3.8) is 0 Å². The quantitative estimate of drug-likeness (QED) is 0.879. The van der Waals surface area contributed by atoms with Crippen LogP contribution >= 0.6 is 11.3 Å². The van der Waals surface area contributed by atoms with Gasteiger partial charge in [0.15, 0.2) is 0 Å². The summed E-state index contributed by atoms with van der Waals surface area (Å²) in [4.78, 5) is 1.39. The van der Waals surface area contributed by atoms with Gasteiger partial charge in [0.2, 0.25) is 0 Å². The molecule has 0 atom stereocenters. The number of hydrogen-bond donors (Lipinski definition) is 1. The summed E-state index contributed by atoms with van der Waals surface area (Å²) in [5, 5.41) is 5.68. The lowest BCUT2D eigenvalue weighted by molar-refractivity contribution is 0.290. The second kappa shape index (κ2) is 5.21. The van der Waals surface area contributed by atoms with Crippen LogP contribution < -0.4 is 5.32 Å². The first-order valence-electron chi connectivity index (χ1n) is 6.32. The van der Waals surface area contributed by atoms with Crippen molar-refractivity contribution >= 4 is 11.3 Å². The predicted molar refractivity (Wildman–Crippen MR) is 73.3 cm³/mol. The molecule has 1 fully saturated rings. The van der Waals surface area contributed by atoms with Crippen molar-refractivity contribution in [3.05, 3.63) is 58.0 Å². The fourth-order valence-corrected chi connectivity index (χ4v) is 3.11. The molecule has 0 saturated heterocycles. The van der Waals surface area contributed by atoms with Gasteiger partial charge in [-0.3, -0.25) is 0 Å². The molecule has 1 aliphatic rings. The third-order valence-electron chi connectivity index (χ3n) is 3.62. The van der Waals surface area contributed by atoms with Crippen LogP contribution in [0.5, 0.6) is 0 Å². The van der Waals surface area contributed by atoms with Crippen molar-refractivity contribution < 1.29 is 4.39 Å². The van der Waals surface area contributed by atoms with Crippen molar-refractivity contribution in [2.75, 3.05) is 0 Å². The molecule has 3 heteroatoms. The van der Waals surface area contributed by atoms with E-state index in [4.69, 9.17) is 0 Å². The van der Waals surface area contributed by atoms with E-state index in [1.165, 1.54) is 10.4 Å². The second-order valence-corrected chi connectivity index (χ2v) is 5.91. The van der Waals surface area contributed by atoms with E-state index in [1.807, 2.05) is 12.1 Å². The molecule has 1 aromatic heterocycles. The van der Waals surface area contributed by atoms with Crippen molar-refractivity contribution in [2.24, 2.45) is 0 Å². The molecule has 1 saturated carbocycles. The fraction of sp³-hybridized carbons (Fsp3) is 0.333. The van der Waals surface area contributed by atoms with Crippen LogP contribution in [0.1, 0.15) is 29.2 Å². The van der Waals surface area contributed by atoms with Gasteiger partial charge < -0.3 is 5.32 Å². The van der Waals surface area contributed by atoms with E-state index in [-0.39, 0.29) is 5.82 Å². The van der Waals surface area contributed by atoms with E-state index in [2.05, 4.69) is 22.8 Å². The zero-order valence-electron chi connectivity index (χ0n) is 10.1. The molecular weight excluding hydrogens is 245 g/mol. The molecule has 1 heterocycles. The number of benzene rings is 1. The monoisotopic (exact) mass is 261 g/mol. The molecule has 0 radical (unpaired) electrons. The predicted octanol–water partition coefficient (Wildman–Crippen LogP) is 3.92. The zero-order chi connectivity index (χ0) is 12.4. The summed E-state index contributed by atoms with van der Waals surface area (Å²) in [7, 11) is 0. The van der Waals surface area contributed by atoms with Crippen LogP contribution in [0.4, 0.5) is 4.39 Å². The van der Waals surface area contributed by atoms with Crippen LogP contribution in [0.2, 0.25) is 0 Å². The number of thiophene rings is 1. The average molecular weight is 261 g/mol. The van der Waals surface area contributed by atoms with E-state index >= 15 is 0 Å². The maximum absolute atomic E-state index is 12.8. The maximum atomic E-state index is 12.8. The van der Waals surface area contributed by atoms with Gasteiger partial charge in [-0.25, -0.2) is 4.39 Å². The van der Waals surface area contributed by atoms with E-state index in [0.717, 1.165) is 19.4 Å². The van der Waals surface area contributed by atoms with E-state index < -0.39 is 0 Å². The molecule has 18 heavy (non-hydrogen) atoms. The molecular formula is C15H16FNS. The molecule has 1 nitrogen and oxygen atoms in total. The van der Waals surface area contributed by atoms with Gasteiger partial charge in [0.1, 0.15) is 5.82 Å². The summed E-state index contributed by atoms with van der Waals surface area (Å²) in [6, 6.07) is 11.8. The molecule has 1 aromatic carbocycles. The van der Waals surface area contributed by atoms with Crippen molar-refractivity contribution in [2.45, 2.75) is 31.3 Å². The molecule has 3 rings (SSSR count). The van der Waals surface area contributed by atoms with Crippen LogP contribution in [0, 0.1) is 5.82 Å². The van der Waals surface area contributed by atoms with Crippen LogP contribution in [-0.2, 0) is 6.54 Å². The Kier molecular flexibility index (Phi) is 3.43. The SMILES string of the molecule is Fc1ccc(C2CC(NCc3cccs3)C2)cc1. The molecule has 1 N–H and O–H groups in total. The summed E-state index contributed by atoms with van der Waals surface area (Å²) >= 11 is 1.79. The van der Waals surface area contributed by atoms with Gasteiger partial charge in [-0.1, -0.05) is 18.2 Å². The first-order valence-corrected chi connectivity index (χ1v) is 7.20. The van der Waals surface area contributed by atoms with E-state index in [9.17, 15) is 4.39 Å². The average Bonchev–Trinajstić information content (AvgIpc) is 2.82. The molecule has 2 aromatic rings. The Bertz CT molecular complexity index is 486. The largest absolute Gasteiger partial charge is 0.309 e. The standard InChI is InChI=1S/C15H16FNS/c16-13-5-3-11(4-6-13)12-8-14(9-12)17-10-15-2-1-7-18-15/h1-7,12,14,17H,8-10H2. The van der Waals surface area contributed by atoms with Gasteiger partial charge in [0, 0.05) is 17.5 Å². The van der Waals surface area contributed by atoms with Crippen molar-refractivity contribution in [1.29, 1.82) is 0 Å². The van der Waals surface area contributed by atoms with Gasteiger partial charge in [-0.2, -0.15) is 0 Å². The lowest BCUT2D eigenvalue weighted by Crippen LogP contribution is -2.39. The first kappa shape index (κ1) is 11.9. The van der Waals surface area contributed by atoms with E-state index in [0.29, 0.717) is 12.0 Å². The van der Waals surface area contributed by atoms with Crippen LogP contribution in [0.15, 0.2) is 41.8 Å². The summed E-state index contributed by atoms with van der Waals surface area (Å²) in [5.41, 5.74) is 1.27. The van der Waals surface area contributed by atoms with Gasteiger partial charge in [0.25, 0.3) is 0 Å². The molecule has 0 amide bonds. The van der Waals surface area contributed by atoms with Crippen LogP contribution in [0.25, 0.3) is 0 Å². The summed E-state index contributed by atoms with van der Waals surface area (Å²) < 4.78 is 12.8. The normalized spacial score (nSPS) is 22.7. The number of rotatable bonds is 4. The first-order chi connectivity index (χ1) is 8.81. The Labute approximate surface area is 111 Å². The molecule has 0 aliphatic heterocycles. The molecule has 1 aliphatic carbocycles. The lowest BCUT2D eigenvalue weighted by Gasteiger charge is -2.36. The second-order valence-electron chi connectivity index (χ2n) is 4.88. The Morgan fingerprint density at radius 1 is 1.17 bits per heavy atom.